The minimum atomic E-state index is 0.824. The zero-order valence-electron chi connectivity index (χ0n) is 11.6. The fourth-order valence-electron chi connectivity index (χ4n) is 3.04. The van der Waals surface area contributed by atoms with Gasteiger partial charge >= 0.3 is 0 Å². The molecule has 2 rings (SSSR count). The number of nitrogens with one attached hydrogen (secondary N) is 1. The lowest BCUT2D eigenvalue weighted by Gasteiger charge is -2.31. The highest BCUT2D eigenvalue weighted by molar-refractivity contribution is 4.87. The van der Waals surface area contributed by atoms with Crippen LogP contribution in [0.3, 0.4) is 0 Å². The Bertz CT molecular complexity index is 218. The van der Waals surface area contributed by atoms with Crippen molar-refractivity contribution in [2.24, 2.45) is 0 Å². The van der Waals surface area contributed by atoms with E-state index in [1.54, 1.807) is 0 Å². The Kier molecular flexibility index (Phi) is 6.35. The molecule has 102 valence electrons. The SMILES string of the molecule is C1=CCCCC(N2CCCC=CNCC2)CCC1. The summed E-state index contributed by atoms with van der Waals surface area (Å²) in [5.41, 5.74) is 0. The number of rotatable bonds is 1. The van der Waals surface area contributed by atoms with Gasteiger partial charge in [-0.1, -0.05) is 18.2 Å². The van der Waals surface area contributed by atoms with Crippen LogP contribution in [0.15, 0.2) is 24.4 Å². The van der Waals surface area contributed by atoms with Gasteiger partial charge in [0.2, 0.25) is 0 Å². The molecule has 0 atom stereocenters. The van der Waals surface area contributed by atoms with E-state index in [-0.39, 0.29) is 0 Å². The van der Waals surface area contributed by atoms with Gasteiger partial charge in [-0.05, 0) is 64.1 Å². The molecule has 0 saturated carbocycles. The van der Waals surface area contributed by atoms with Gasteiger partial charge in [0, 0.05) is 19.1 Å². The fraction of sp³-hybridized carbons (Fsp3) is 0.750. The molecule has 0 fully saturated rings. The summed E-state index contributed by atoms with van der Waals surface area (Å²) in [5, 5.41) is 3.40. The zero-order chi connectivity index (χ0) is 12.5. The molecule has 1 heterocycles. The molecule has 18 heavy (non-hydrogen) atoms. The van der Waals surface area contributed by atoms with Crippen molar-refractivity contribution in [3.8, 4) is 0 Å². The largest absolute Gasteiger partial charge is 0.390 e. The molecule has 0 amide bonds. The van der Waals surface area contributed by atoms with E-state index >= 15 is 0 Å². The second kappa shape index (κ2) is 8.36. The Hall–Kier alpha value is -0.760. The molecule has 0 bridgehead atoms. The van der Waals surface area contributed by atoms with Gasteiger partial charge < -0.3 is 5.32 Å². The average Bonchev–Trinajstić information content (AvgIpc) is 2.61. The first-order valence-electron chi connectivity index (χ1n) is 7.74. The second-order valence-electron chi connectivity index (χ2n) is 5.52. The summed E-state index contributed by atoms with van der Waals surface area (Å²) in [5.74, 6) is 0. The summed E-state index contributed by atoms with van der Waals surface area (Å²) in [4.78, 5) is 2.74. The molecule has 1 aliphatic heterocycles. The molecule has 0 spiro atoms. The monoisotopic (exact) mass is 248 g/mol. The Balaban J connectivity index is 1.85. The van der Waals surface area contributed by atoms with Crippen LogP contribution in [0.25, 0.3) is 0 Å². The van der Waals surface area contributed by atoms with Crippen LogP contribution >= 0.6 is 0 Å². The predicted octanol–water partition coefficient (Wildman–Crippen LogP) is 3.46. The van der Waals surface area contributed by atoms with Crippen molar-refractivity contribution in [2.45, 2.75) is 57.4 Å². The molecule has 0 unspecified atom stereocenters. The third-order valence-corrected chi connectivity index (χ3v) is 4.09. The first kappa shape index (κ1) is 13.7. The van der Waals surface area contributed by atoms with Crippen LogP contribution in [0.2, 0.25) is 0 Å². The second-order valence-corrected chi connectivity index (χ2v) is 5.52. The molecule has 2 nitrogen and oxygen atoms in total. The number of nitrogens with zero attached hydrogens (tertiary/aromatic N) is 1. The van der Waals surface area contributed by atoms with Crippen molar-refractivity contribution in [3.63, 3.8) is 0 Å². The molecule has 0 aromatic carbocycles. The summed E-state index contributed by atoms with van der Waals surface area (Å²) in [6.07, 6.45) is 19.8. The lowest BCUT2D eigenvalue weighted by molar-refractivity contribution is 0.175. The van der Waals surface area contributed by atoms with Crippen molar-refractivity contribution in [1.82, 2.24) is 10.2 Å². The van der Waals surface area contributed by atoms with Gasteiger partial charge in [0.1, 0.15) is 0 Å². The van der Waals surface area contributed by atoms with Crippen LogP contribution in [-0.2, 0) is 0 Å². The molecule has 0 radical (unpaired) electrons. The summed E-state index contributed by atoms with van der Waals surface area (Å²) < 4.78 is 0. The molecular formula is C16H28N2. The summed E-state index contributed by atoms with van der Waals surface area (Å²) >= 11 is 0. The highest BCUT2D eigenvalue weighted by atomic mass is 15.2. The maximum absolute atomic E-state index is 3.40. The van der Waals surface area contributed by atoms with E-state index in [2.05, 4.69) is 34.6 Å². The normalized spacial score (nSPS) is 25.1. The maximum Gasteiger partial charge on any atom is 0.0269 e. The van der Waals surface area contributed by atoms with E-state index in [1.807, 2.05) is 0 Å². The zero-order valence-corrected chi connectivity index (χ0v) is 11.6. The standard InChI is InChI=1S/C16H28N2/c1-2-4-7-11-16(10-6-3-1)18-14-9-5-8-12-17-13-15-18/h1-2,8,12,16-17H,3-7,9-11,13-15H2. The molecule has 1 N–H and O–H groups in total. The lowest BCUT2D eigenvalue weighted by Crippen LogP contribution is -2.39. The van der Waals surface area contributed by atoms with Crippen LogP contribution in [-0.4, -0.2) is 30.6 Å². The highest BCUT2D eigenvalue weighted by Gasteiger charge is 2.17. The Labute approximate surface area is 112 Å². The topological polar surface area (TPSA) is 15.3 Å². The van der Waals surface area contributed by atoms with E-state index in [0.29, 0.717) is 0 Å². The Morgan fingerprint density at radius 1 is 0.833 bits per heavy atom. The van der Waals surface area contributed by atoms with Crippen LogP contribution in [0.1, 0.15) is 51.4 Å². The molecule has 2 aliphatic rings. The summed E-state index contributed by atoms with van der Waals surface area (Å²) in [6.45, 7) is 3.60. The Morgan fingerprint density at radius 3 is 2.33 bits per heavy atom. The van der Waals surface area contributed by atoms with Gasteiger partial charge in [-0.25, -0.2) is 0 Å². The quantitative estimate of drug-likeness (QED) is 0.715. The number of allylic oxidation sites excluding steroid dienone is 3. The van der Waals surface area contributed by atoms with Crippen molar-refractivity contribution >= 4 is 0 Å². The number of hydrogen-bond acceptors (Lipinski definition) is 2. The van der Waals surface area contributed by atoms with Crippen LogP contribution in [0.4, 0.5) is 0 Å². The molecule has 0 aromatic heterocycles. The van der Waals surface area contributed by atoms with Gasteiger partial charge in [0.15, 0.2) is 0 Å². The minimum Gasteiger partial charge on any atom is -0.390 e. The highest BCUT2D eigenvalue weighted by Crippen LogP contribution is 2.19. The minimum absolute atomic E-state index is 0.824. The maximum atomic E-state index is 3.40. The third kappa shape index (κ3) is 4.85. The number of hydrogen-bond donors (Lipinski definition) is 1. The molecule has 1 aliphatic carbocycles. The van der Waals surface area contributed by atoms with E-state index in [0.717, 1.165) is 12.6 Å². The Morgan fingerprint density at radius 2 is 1.56 bits per heavy atom. The van der Waals surface area contributed by atoms with Gasteiger partial charge in [-0.15, -0.1) is 0 Å². The molecule has 0 saturated heterocycles. The first-order chi connectivity index (χ1) is 8.97. The van der Waals surface area contributed by atoms with Crippen LogP contribution in [0, 0.1) is 0 Å². The van der Waals surface area contributed by atoms with Crippen LogP contribution < -0.4 is 5.32 Å². The molecule has 0 aromatic rings. The average molecular weight is 248 g/mol. The van der Waals surface area contributed by atoms with E-state index in [1.165, 1.54) is 64.5 Å². The van der Waals surface area contributed by atoms with Crippen molar-refractivity contribution in [2.75, 3.05) is 19.6 Å². The van der Waals surface area contributed by atoms with Gasteiger partial charge in [-0.2, -0.15) is 0 Å². The van der Waals surface area contributed by atoms with Crippen molar-refractivity contribution < 1.29 is 0 Å². The smallest absolute Gasteiger partial charge is 0.0269 e. The van der Waals surface area contributed by atoms with E-state index in [9.17, 15) is 0 Å². The molecular weight excluding hydrogens is 220 g/mol. The summed E-state index contributed by atoms with van der Waals surface area (Å²) in [6, 6.07) is 0.824. The predicted molar refractivity (Wildman–Crippen MR) is 78.6 cm³/mol. The van der Waals surface area contributed by atoms with Gasteiger partial charge in [0.25, 0.3) is 0 Å². The van der Waals surface area contributed by atoms with E-state index < -0.39 is 0 Å². The summed E-state index contributed by atoms with van der Waals surface area (Å²) in [7, 11) is 0. The van der Waals surface area contributed by atoms with Crippen molar-refractivity contribution in [1.29, 1.82) is 0 Å². The van der Waals surface area contributed by atoms with E-state index in [4.69, 9.17) is 0 Å². The fourth-order valence-corrected chi connectivity index (χ4v) is 3.04. The first-order valence-corrected chi connectivity index (χ1v) is 7.74. The van der Waals surface area contributed by atoms with Gasteiger partial charge in [-0.3, -0.25) is 4.90 Å². The third-order valence-electron chi connectivity index (χ3n) is 4.09. The van der Waals surface area contributed by atoms with Gasteiger partial charge in [0.05, 0.1) is 0 Å². The molecule has 2 heteroatoms. The lowest BCUT2D eigenvalue weighted by atomic mass is 10.0. The van der Waals surface area contributed by atoms with Crippen molar-refractivity contribution in [3.05, 3.63) is 24.4 Å². The van der Waals surface area contributed by atoms with Crippen LogP contribution in [0.5, 0.6) is 0 Å².